The first-order valence-electron chi connectivity index (χ1n) is 12.5. The summed E-state index contributed by atoms with van der Waals surface area (Å²) in [5.74, 6) is 3.99. The van der Waals surface area contributed by atoms with Crippen molar-refractivity contribution >= 4 is 0 Å². The first-order chi connectivity index (χ1) is 13.6. The number of nitrogens with zero attached hydrogens (tertiary/aromatic N) is 2. The van der Waals surface area contributed by atoms with Gasteiger partial charge in [0.1, 0.15) is 13.1 Å². The fourth-order valence-electron chi connectivity index (χ4n) is 8.06. The van der Waals surface area contributed by atoms with Crippen molar-refractivity contribution in [2.75, 3.05) is 66.6 Å². The number of likely N-dealkylation sites (N-methyl/N-ethyl adjacent to an activating group) is 1. The molecule has 2 saturated carbocycles. The van der Waals surface area contributed by atoms with Gasteiger partial charge in [-0.05, 0) is 50.4 Å². The Hall–Kier alpha value is -0.380. The van der Waals surface area contributed by atoms with Crippen LogP contribution in [0.5, 0.6) is 0 Å². The molecule has 0 radical (unpaired) electrons. The van der Waals surface area contributed by atoms with Gasteiger partial charge in [-0.1, -0.05) is 24.0 Å². The second-order valence-corrected chi connectivity index (χ2v) is 11.5. The minimum absolute atomic E-state index is 0.966. The average Bonchev–Trinajstić information content (AvgIpc) is 3.06. The lowest BCUT2D eigenvalue weighted by Gasteiger charge is -2.45. The number of hydrogen-bond acceptors (Lipinski definition) is 1. The zero-order chi connectivity index (χ0) is 19.2. The Morgan fingerprint density at radius 2 is 1.29 bits per heavy atom. The Bertz CT molecular complexity index is 572. The van der Waals surface area contributed by atoms with E-state index >= 15 is 0 Å². The highest BCUT2D eigenvalue weighted by atomic mass is 16.5. The molecule has 0 aromatic heterocycles. The van der Waals surface area contributed by atoms with E-state index in [1.54, 1.807) is 0 Å². The molecule has 1 unspecified atom stereocenters. The van der Waals surface area contributed by atoms with Crippen LogP contribution in [0.2, 0.25) is 0 Å². The van der Waals surface area contributed by atoms with Crippen LogP contribution in [0.25, 0.3) is 0 Å². The molecule has 0 spiro atoms. The lowest BCUT2D eigenvalue weighted by molar-refractivity contribution is -0.928. The second-order valence-electron chi connectivity index (χ2n) is 11.5. The Morgan fingerprint density at radius 1 is 0.750 bits per heavy atom. The van der Waals surface area contributed by atoms with E-state index in [2.05, 4.69) is 14.1 Å². The lowest BCUT2D eigenvalue weighted by Crippen LogP contribution is -2.53. The van der Waals surface area contributed by atoms with Gasteiger partial charge in [-0.3, -0.25) is 0 Å². The third kappa shape index (κ3) is 3.61. The number of hydrogen-bond donors (Lipinski definition) is 0. The van der Waals surface area contributed by atoms with Crippen LogP contribution in [0.15, 0.2) is 11.1 Å². The third-order valence-electron chi connectivity index (χ3n) is 9.56. The summed E-state index contributed by atoms with van der Waals surface area (Å²) >= 11 is 0. The van der Waals surface area contributed by atoms with E-state index < -0.39 is 0 Å². The van der Waals surface area contributed by atoms with Crippen LogP contribution in [0.3, 0.4) is 0 Å². The van der Waals surface area contributed by atoms with Gasteiger partial charge in [-0.2, -0.15) is 0 Å². The van der Waals surface area contributed by atoms with Crippen LogP contribution in [0.1, 0.15) is 57.8 Å². The molecule has 0 aromatic rings. The highest BCUT2D eigenvalue weighted by Crippen LogP contribution is 2.55. The van der Waals surface area contributed by atoms with Gasteiger partial charge in [0, 0.05) is 18.3 Å². The van der Waals surface area contributed by atoms with Gasteiger partial charge in [-0.15, -0.1) is 0 Å². The zero-order valence-corrected chi connectivity index (χ0v) is 18.6. The van der Waals surface area contributed by atoms with Crippen LogP contribution >= 0.6 is 0 Å². The van der Waals surface area contributed by atoms with Gasteiger partial charge in [0.2, 0.25) is 0 Å². The molecule has 2 aliphatic heterocycles. The minimum Gasteiger partial charge on any atom is -0.370 e. The minimum atomic E-state index is 0.966. The first kappa shape index (κ1) is 19.6. The standard InChI is InChI=1S/C25H44N2O/c1-26(14-16-28-17-15-26)12-7-13-27(2)18-24-22-10-5-3-8-20(22)21-9-4-6-11-23(21)25(24)19-27/h22-25H,3-19H2,1-2H3/q+2/t22-,23+,24-,25-,27?/m0/s1. The van der Waals surface area contributed by atoms with Gasteiger partial charge in [0.25, 0.3) is 0 Å². The molecule has 28 heavy (non-hydrogen) atoms. The Kier molecular flexibility index (Phi) is 5.39. The molecule has 0 bridgehead atoms. The molecular weight excluding hydrogens is 344 g/mol. The van der Waals surface area contributed by atoms with Crippen LogP contribution in [0.4, 0.5) is 0 Å². The molecule has 0 amide bonds. The van der Waals surface area contributed by atoms with Gasteiger partial charge in [0.15, 0.2) is 0 Å². The number of quaternary nitrogens is 2. The zero-order valence-electron chi connectivity index (χ0n) is 18.6. The van der Waals surface area contributed by atoms with Gasteiger partial charge < -0.3 is 13.7 Å². The van der Waals surface area contributed by atoms with Crippen molar-refractivity contribution < 1.29 is 13.7 Å². The van der Waals surface area contributed by atoms with E-state index in [4.69, 9.17) is 4.74 Å². The summed E-state index contributed by atoms with van der Waals surface area (Å²) < 4.78 is 8.22. The molecule has 2 heterocycles. The first-order valence-corrected chi connectivity index (χ1v) is 12.5. The normalized spacial score (nSPS) is 42.6. The molecule has 5 rings (SSSR count). The quantitative estimate of drug-likeness (QED) is 0.517. The smallest absolute Gasteiger partial charge is 0.102 e. The van der Waals surface area contributed by atoms with Crippen molar-refractivity contribution in [3.05, 3.63) is 11.1 Å². The third-order valence-corrected chi connectivity index (χ3v) is 9.56. The number of ether oxygens (including phenoxy) is 1. The van der Waals surface area contributed by atoms with E-state index in [0.717, 1.165) is 36.9 Å². The Balaban J connectivity index is 1.27. The molecular formula is C25H44N2O+2. The summed E-state index contributed by atoms with van der Waals surface area (Å²) in [6.07, 6.45) is 13.3. The molecule has 3 heteroatoms. The van der Waals surface area contributed by atoms with Crippen molar-refractivity contribution in [3.8, 4) is 0 Å². The molecule has 3 aliphatic carbocycles. The second kappa shape index (κ2) is 7.71. The molecule has 5 atom stereocenters. The van der Waals surface area contributed by atoms with Crippen LogP contribution in [-0.2, 0) is 4.74 Å². The number of allylic oxidation sites excluding steroid dienone is 2. The van der Waals surface area contributed by atoms with Crippen molar-refractivity contribution in [1.29, 1.82) is 0 Å². The molecule has 0 N–H and O–H groups in total. The molecule has 5 aliphatic rings. The van der Waals surface area contributed by atoms with E-state index in [0.29, 0.717) is 0 Å². The van der Waals surface area contributed by atoms with Crippen molar-refractivity contribution in [3.63, 3.8) is 0 Å². The number of morpholine rings is 1. The van der Waals surface area contributed by atoms with E-state index in [-0.39, 0.29) is 0 Å². The van der Waals surface area contributed by atoms with Gasteiger partial charge in [-0.25, -0.2) is 0 Å². The Labute approximate surface area is 173 Å². The van der Waals surface area contributed by atoms with Crippen molar-refractivity contribution in [1.82, 2.24) is 0 Å². The highest BCUT2D eigenvalue weighted by Gasteiger charge is 2.54. The molecule has 4 fully saturated rings. The SMILES string of the molecule is C[N+]1(CCC[N+]2(C)C[C@@H]3[C@@H](C2)[C@H]2CCCCC2=C2CCCC[C@H]23)CCOCC1. The van der Waals surface area contributed by atoms with Crippen molar-refractivity contribution in [2.24, 2.45) is 23.7 Å². The maximum Gasteiger partial charge on any atom is 0.102 e. The maximum absolute atomic E-state index is 5.61. The topological polar surface area (TPSA) is 9.23 Å². The number of fused-ring (bicyclic) bond motifs is 5. The fourth-order valence-corrected chi connectivity index (χ4v) is 8.06. The molecule has 3 nitrogen and oxygen atoms in total. The van der Waals surface area contributed by atoms with Gasteiger partial charge >= 0.3 is 0 Å². The lowest BCUT2D eigenvalue weighted by atomic mass is 9.58. The number of rotatable bonds is 4. The van der Waals surface area contributed by atoms with Gasteiger partial charge in [0.05, 0.1) is 53.5 Å². The summed E-state index contributed by atoms with van der Waals surface area (Å²) in [4.78, 5) is 0. The van der Waals surface area contributed by atoms with Crippen LogP contribution in [-0.4, -0.2) is 75.5 Å². The number of likely N-dealkylation sites (tertiary alicyclic amines) is 1. The summed E-state index contributed by atoms with van der Waals surface area (Å²) in [6.45, 7) is 10.1. The summed E-state index contributed by atoms with van der Waals surface area (Å²) in [5, 5.41) is 0. The summed E-state index contributed by atoms with van der Waals surface area (Å²) in [5.41, 5.74) is 3.99. The molecule has 158 valence electrons. The molecule has 2 saturated heterocycles. The van der Waals surface area contributed by atoms with E-state index in [1.807, 2.05) is 11.1 Å². The van der Waals surface area contributed by atoms with Crippen molar-refractivity contribution in [2.45, 2.75) is 57.8 Å². The Morgan fingerprint density at radius 3 is 1.86 bits per heavy atom. The van der Waals surface area contributed by atoms with Crippen LogP contribution in [0, 0.1) is 23.7 Å². The maximum atomic E-state index is 5.61. The predicted octanol–water partition coefficient (Wildman–Crippen LogP) is 4.24. The van der Waals surface area contributed by atoms with E-state index in [1.165, 1.54) is 106 Å². The monoisotopic (exact) mass is 388 g/mol. The summed E-state index contributed by atoms with van der Waals surface area (Å²) in [7, 11) is 5.07. The van der Waals surface area contributed by atoms with E-state index in [9.17, 15) is 0 Å². The predicted molar refractivity (Wildman–Crippen MR) is 115 cm³/mol. The highest BCUT2D eigenvalue weighted by molar-refractivity contribution is 5.28. The van der Waals surface area contributed by atoms with Crippen LogP contribution < -0.4 is 0 Å². The molecule has 0 aromatic carbocycles. The summed E-state index contributed by atoms with van der Waals surface area (Å²) in [6, 6.07) is 0. The fraction of sp³-hybridized carbons (Fsp3) is 0.920. The largest absolute Gasteiger partial charge is 0.370 e. The average molecular weight is 389 g/mol.